The number of carbonyl (C=O) groups excluding carboxylic acids is 8. The summed E-state index contributed by atoms with van der Waals surface area (Å²) in [6, 6.07) is 60.2. The SMILES string of the molecule is Cc1ccccc1C(=O)NC(C)c1ccc(-c2nn(C3CCCC3)c(N)c2C(N)=O)cc1.Cc1ccccc1C(=O)NCc1ccc(-c2nn(C3CCCC3)c(Cl)c2C(N)=O)cc1.Cc1ccccc1C(=O)NCc1ccc(-c2nn(C3CCCOC3)c(N)c2C(N)=O)cc1.Cc1ccccc1C(=O)NCc1ccc(-c2nn(C3CCOC3C)c(N)c2C(N)=O)cc1. The van der Waals surface area contributed by atoms with Gasteiger partial charge in [-0.25, -0.2) is 18.7 Å². The van der Waals surface area contributed by atoms with Gasteiger partial charge < -0.3 is 70.9 Å². The lowest BCUT2D eigenvalue weighted by Gasteiger charge is -2.23. The van der Waals surface area contributed by atoms with E-state index in [-0.39, 0.29) is 93.8 Å². The first-order valence-corrected chi connectivity index (χ1v) is 43.1. The molecule has 0 bridgehead atoms. The Bertz CT molecular complexity index is 6000. The van der Waals surface area contributed by atoms with Crippen molar-refractivity contribution in [2.45, 2.75) is 168 Å². The van der Waals surface area contributed by atoms with Crippen LogP contribution in [0.1, 0.15) is 242 Å². The molecule has 0 radical (unpaired) electrons. The van der Waals surface area contributed by atoms with E-state index < -0.39 is 23.6 Å². The Morgan fingerprint density at radius 2 is 0.709 bits per heavy atom. The zero-order chi connectivity index (χ0) is 90.3. The highest BCUT2D eigenvalue weighted by molar-refractivity contribution is 6.33. The van der Waals surface area contributed by atoms with Crippen LogP contribution in [0.25, 0.3) is 45.0 Å². The van der Waals surface area contributed by atoms with Gasteiger partial charge in [0.1, 0.15) is 67.6 Å². The third-order valence-corrected chi connectivity index (χ3v) is 24.1. The van der Waals surface area contributed by atoms with Crippen LogP contribution in [0.15, 0.2) is 194 Å². The summed E-state index contributed by atoms with van der Waals surface area (Å²) in [6.07, 6.45) is 11.0. The van der Waals surface area contributed by atoms with Crippen molar-refractivity contribution in [2.24, 2.45) is 22.9 Å². The molecule has 127 heavy (non-hydrogen) atoms. The lowest BCUT2D eigenvalue weighted by atomic mass is 10.0. The van der Waals surface area contributed by atoms with Gasteiger partial charge in [-0.3, -0.25) is 38.4 Å². The number of anilines is 3. The van der Waals surface area contributed by atoms with E-state index in [2.05, 4.69) is 41.7 Å². The maximum atomic E-state index is 12.6. The fourth-order valence-corrected chi connectivity index (χ4v) is 16.9. The molecule has 6 heterocycles. The number of nitrogens with two attached hydrogens (primary N) is 7. The predicted molar refractivity (Wildman–Crippen MR) is 490 cm³/mol. The Balaban J connectivity index is 0.000000145. The summed E-state index contributed by atoms with van der Waals surface area (Å²) in [4.78, 5) is 98.4. The minimum Gasteiger partial charge on any atom is -0.383 e. The number of primary amides is 4. The van der Waals surface area contributed by atoms with Crippen LogP contribution >= 0.6 is 11.6 Å². The van der Waals surface area contributed by atoms with Gasteiger partial charge in [-0.05, 0) is 155 Å². The molecule has 658 valence electrons. The third-order valence-electron chi connectivity index (χ3n) is 23.8. The highest BCUT2D eigenvalue weighted by Gasteiger charge is 2.35. The van der Waals surface area contributed by atoms with Crippen LogP contribution in [-0.2, 0) is 29.1 Å². The van der Waals surface area contributed by atoms with Crippen molar-refractivity contribution >= 4 is 76.3 Å². The quantitative estimate of drug-likeness (QED) is 0.0268. The van der Waals surface area contributed by atoms with Gasteiger partial charge >= 0.3 is 0 Å². The normalized spacial score (nSPS) is 15.7. The van der Waals surface area contributed by atoms with Crippen LogP contribution in [0.2, 0.25) is 5.15 Å². The van der Waals surface area contributed by atoms with Crippen molar-refractivity contribution in [1.29, 1.82) is 0 Å². The van der Waals surface area contributed by atoms with E-state index in [9.17, 15) is 38.4 Å². The summed E-state index contributed by atoms with van der Waals surface area (Å²) in [5, 5.41) is 30.7. The molecule has 2 saturated heterocycles. The number of aryl methyl sites for hydroxylation is 4. The minimum atomic E-state index is -0.620. The molecule has 4 aliphatic rings. The van der Waals surface area contributed by atoms with Crippen LogP contribution in [0.4, 0.5) is 17.5 Å². The maximum Gasteiger partial charge on any atom is 0.254 e. The number of amides is 8. The molecule has 16 rings (SSSR count). The van der Waals surface area contributed by atoms with Gasteiger partial charge in [0.25, 0.3) is 47.3 Å². The Kier molecular flexibility index (Phi) is 29.4. The lowest BCUT2D eigenvalue weighted by molar-refractivity contribution is 0.0558. The molecule has 4 atom stereocenters. The third kappa shape index (κ3) is 21.2. The number of rotatable bonds is 24. The number of hydrogen-bond acceptors (Lipinski definition) is 17. The topological polar surface area (TPSA) is 457 Å². The minimum absolute atomic E-state index is 0.0217. The summed E-state index contributed by atoms with van der Waals surface area (Å²) < 4.78 is 18.0. The van der Waals surface area contributed by atoms with Crippen LogP contribution < -0.4 is 61.4 Å². The Hall–Kier alpha value is -14.0. The molecule has 2 saturated carbocycles. The molecule has 2 aliphatic heterocycles. The van der Waals surface area contributed by atoms with E-state index in [1.807, 2.05) is 224 Å². The van der Waals surface area contributed by atoms with Crippen molar-refractivity contribution in [3.63, 3.8) is 0 Å². The van der Waals surface area contributed by atoms with Crippen molar-refractivity contribution in [3.05, 3.63) is 288 Å². The molecule has 12 aromatic rings. The van der Waals surface area contributed by atoms with Crippen molar-refractivity contribution < 1.29 is 47.8 Å². The Labute approximate surface area is 741 Å². The number of carbonyl (C=O) groups is 8. The summed E-state index contributed by atoms with van der Waals surface area (Å²) in [7, 11) is 0. The van der Waals surface area contributed by atoms with E-state index >= 15 is 0 Å². The lowest BCUT2D eigenvalue weighted by Crippen LogP contribution is -2.27. The largest absolute Gasteiger partial charge is 0.383 e. The highest BCUT2D eigenvalue weighted by Crippen LogP contribution is 2.40. The standard InChI is InChI=1S/C25H29N5O2.C24H25ClN4O2.2C24H27N5O3/c1-15-7-3-6-10-20(15)25(32)28-16(2)17-11-13-18(14-12-17)22-21(24(27)31)23(26)30(29-22)19-8-4-5-9-19;1-15-6-2-5-9-19(15)24(31)27-14-16-10-12-17(13-11-16)21-20(23(26)30)22(25)29(28-21)18-7-3-4-8-18;1-14-5-3-4-6-18(14)24(31)27-13-16-7-9-17(10-8-16)21-20(23(26)30)22(25)29(28-21)19-11-12-32-15(19)2;1-15-5-2-3-7-19(15)24(31)27-13-16-8-10-17(11-9-16)21-20(23(26)30)22(25)29(28-21)18-6-4-12-32-14-18/h3,6-7,10-14,16,19H,4-5,8-9,26H2,1-2H3,(H2,27,31)(H,28,32);2,5-6,9-13,18H,3-4,7-8,14H2,1H3,(H2,26,30)(H,27,31);3-10,15,19H,11-13,25H2,1-2H3,(H2,26,30)(H,27,31);2-3,5,7-11,18H,4,6,12-14,25H2,1H3,(H2,26,30)(H,27,31). The van der Waals surface area contributed by atoms with Gasteiger partial charge in [-0.1, -0.05) is 207 Å². The van der Waals surface area contributed by atoms with E-state index in [0.717, 1.165) is 144 Å². The summed E-state index contributed by atoms with van der Waals surface area (Å²) in [6.45, 7) is 14.5. The number of nitrogens with one attached hydrogen (secondary N) is 4. The molecule has 4 fully saturated rings. The van der Waals surface area contributed by atoms with Crippen LogP contribution in [-0.4, -0.2) is 112 Å². The second-order valence-corrected chi connectivity index (χ2v) is 32.8. The second kappa shape index (κ2) is 41.2. The highest BCUT2D eigenvalue weighted by atomic mass is 35.5. The van der Waals surface area contributed by atoms with Gasteiger partial charge in [-0.15, -0.1) is 0 Å². The van der Waals surface area contributed by atoms with E-state index in [4.69, 9.17) is 61.2 Å². The molecular formula is C97H108ClN19O10. The van der Waals surface area contributed by atoms with Crippen molar-refractivity contribution in [3.8, 4) is 45.0 Å². The number of nitrogen functional groups attached to an aromatic ring is 3. The van der Waals surface area contributed by atoms with Crippen LogP contribution in [0.5, 0.6) is 0 Å². The van der Waals surface area contributed by atoms with Crippen molar-refractivity contribution in [1.82, 2.24) is 60.4 Å². The number of nitrogens with zero attached hydrogens (tertiary/aromatic N) is 8. The number of benzene rings is 8. The monoisotopic (exact) mass is 1730 g/mol. The molecule has 18 N–H and O–H groups in total. The number of ether oxygens (including phenoxy) is 2. The first-order chi connectivity index (χ1) is 61.1. The van der Waals surface area contributed by atoms with Gasteiger partial charge in [0.15, 0.2) is 0 Å². The zero-order valence-corrected chi connectivity index (χ0v) is 72.8. The zero-order valence-electron chi connectivity index (χ0n) is 72.0. The van der Waals surface area contributed by atoms with E-state index in [0.29, 0.717) is 88.8 Å². The summed E-state index contributed by atoms with van der Waals surface area (Å²) >= 11 is 6.49. The molecule has 29 nitrogen and oxygen atoms in total. The van der Waals surface area contributed by atoms with Crippen molar-refractivity contribution in [2.75, 3.05) is 37.0 Å². The molecule has 8 aromatic carbocycles. The smallest absolute Gasteiger partial charge is 0.254 e. The van der Waals surface area contributed by atoms with Gasteiger partial charge in [-0.2, -0.15) is 20.4 Å². The van der Waals surface area contributed by atoms with E-state index in [1.54, 1.807) is 30.9 Å². The number of halogens is 1. The van der Waals surface area contributed by atoms with Gasteiger partial charge in [0.2, 0.25) is 0 Å². The average Bonchev–Trinajstić information content (AvgIpc) is 1.78. The van der Waals surface area contributed by atoms with Gasteiger partial charge in [0, 0.05) is 77.4 Å². The maximum absolute atomic E-state index is 12.6. The first-order valence-electron chi connectivity index (χ1n) is 42.7. The molecule has 2 aliphatic carbocycles. The molecule has 0 spiro atoms. The van der Waals surface area contributed by atoms with Crippen LogP contribution in [0.3, 0.4) is 0 Å². The number of hydrogen-bond donors (Lipinski definition) is 11. The molecule has 4 unspecified atom stereocenters. The fraction of sp³-hybridized carbons (Fsp3) is 0.299. The molecule has 8 amide bonds. The Morgan fingerprint density at radius 3 is 1.06 bits per heavy atom. The van der Waals surface area contributed by atoms with E-state index in [1.165, 1.54) is 0 Å². The molecule has 4 aromatic heterocycles. The Morgan fingerprint density at radius 1 is 0.394 bits per heavy atom. The second-order valence-electron chi connectivity index (χ2n) is 32.5. The first kappa shape index (κ1) is 90.7. The van der Waals surface area contributed by atoms with Gasteiger partial charge in [0.05, 0.1) is 42.9 Å². The van der Waals surface area contributed by atoms with Crippen LogP contribution in [0, 0.1) is 27.7 Å². The number of aromatic nitrogens is 8. The predicted octanol–water partition coefficient (Wildman–Crippen LogP) is 14.4. The fourth-order valence-electron chi connectivity index (χ4n) is 16.6. The summed E-state index contributed by atoms with van der Waals surface area (Å²) in [5.41, 5.74) is 57.2. The molecular weight excluding hydrogens is 1630 g/mol. The average molecular weight is 1740 g/mol. The molecule has 30 heteroatoms. The summed E-state index contributed by atoms with van der Waals surface area (Å²) in [5.74, 6) is -2.01.